The molecule has 4 heteroatoms. The monoisotopic (exact) mass is 236 g/mol. The maximum atomic E-state index is 5.74. The number of ether oxygens (including phenoxy) is 2. The Morgan fingerprint density at radius 3 is 2.53 bits per heavy atom. The van der Waals surface area contributed by atoms with E-state index in [9.17, 15) is 0 Å². The molecule has 0 aliphatic carbocycles. The number of methoxy groups -OCH3 is 2. The molecule has 1 saturated heterocycles. The van der Waals surface area contributed by atoms with Crippen LogP contribution in [0.15, 0.2) is 18.2 Å². The van der Waals surface area contributed by atoms with Crippen molar-refractivity contribution >= 4 is 0 Å². The highest BCUT2D eigenvalue weighted by molar-refractivity contribution is 5.42. The highest BCUT2D eigenvalue weighted by atomic mass is 16.5. The first-order chi connectivity index (χ1) is 8.22. The lowest BCUT2D eigenvalue weighted by molar-refractivity contribution is 0.153. The Balaban J connectivity index is 1.92. The van der Waals surface area contributed by atoms with E-state index in [1.165, 1.54) is 5.56 Å². The molecule has 0 aromatic heterocycles. The molecule has 1 aliphatic heterocycles. The SMILES string of the molecule is COc1ccc(CCN2CC(N)C2)cc1OC. The second-order valence-corrected chi connectivity index (χ2v) is 4.46. The topological polar surface area (TPSA) is 47.7 Å². The number of nitrogens with two attached hydrogens (primary N) is 1. The molecule has 0 saturated carbocycles. The van der Waals surface area contributed by atoms with E-state index in [1.54, 1.807) is 14.2 Å². The van der Waals surface area contributed by atoms with E-state index in [1.807, 2.05) is 12.1 Å². The lowest BCUT2D eigenvalue weighted by Gasteiger charge is -2.36. The van der Waals surface area contributed by atoms with Gasteiger partial charge in [0, 0.05) is 25.7 Å². The maximum Gasteiger partial charge on any atom is 0.160 e. The van der Waals surface area contributed by atoms with Crippen molar-refractivity contribution in [1.29, 1.82) is 0 Å². The summed E-state index contributed by atoms with van der Waals surface area (Å²) in [6.45, 7) is 3.10. The minimum atomic E-state index is 0.375. The summed E-state index contributed by atoms with van der Waals surface area (Å²) in [4.78, 5) is 2.36. The van der Waals surface area contributed by atoms with Crippen LogP contribution in [0.1, 0.15) is 5.56 Å². The Kier molecular flexibility index (Phi) is 3.86. The summed E-state index contributed by atoms with van der Waals surface area (Å²) in [6.07, 6.45) is 1.02. The number of rotatable bonds is 5. The van der Waals surface area contributed by atoms with Crippen LogP contribution in [0.5, 0.6) is 11.5 Å². The van der Waals surface area contributed by atoms with Gasteiger partial charge in [-0.05, 0) is 24.1 Å². The van der Waals surface area contributed by atoms with E-state index in [2.05, 4.69) is 11.0 Å². The summed E-state index contributed by atoms with van der Waals surface area (Å²) >= 11 is 0. The molecular weight excluding hydrogens is 216 g/mol. The molecule has 4 nitrogen and oxygen atoms in total. The summed E-state index contributed by atoms with van der Waals surface area (Å²) in [5.41, 5.74) is 7.01. The van der Waals surface area contributed by atoms with E-state index >= 15 is 0 Å². The highest BCUT2D eigenvalue weighted by Gasteiger charge is 2.22. The van der Waals surface area contributed by atoms with Crippen LogP contribution in [-0.4, -0.2) is 44.8 Å². The quantitative estimate of drug-likeness (QED) is 0.825. The van der Waals surface area contributed by atoms with Gasteiger partial charge in [-0.1, -0.05) is 6.07 Å². The highest BCUT2D eigenvalue weighted by Crippen LogP contribution is 2.27. The third-order valence-corrected chi connectivity index (χ3v) is 3.15. The van der Waals surface area contributed by atoms with Gasteiger partial charge in [0.15, 0.2) is 11.5 Å². The molecule has 0 amide bonds. The van der Waals surface area contributed by atoms with E-state index < -0.39 is 0 Å². The Morgan fingerprint density at radius 2 is 1.94 bits per heavy atom. The van der Waals surface area contributed by atoms with Gasteiger partial charge in [0.2, 0.25) is 0 Å². The smallest absolute Gasteiger partial charge is 0.160 e. The second kappa shape index (κ2) is 5.38. The molecule has 0 atom stereocenters. The Morgan fingerprint density at radius 1 is 1.24 bits per heavy atom. The van der Waals surface area contributed by atoms with Crippen LogP contribution in [0.4, 0.5) is 0 Å². The predicted octanol–water partition coefficient (Wildman–Crippen LogP) is 0.889. The van der Waals surface area contributed by atoms with Crippen LogP contribution in [0, 0.1) is 0 Å². The molecule has 1 aromatic carbocycles. The van der Waals surface area contributed by atoms with Gasteiger partial charge in [-0.3, -0.25) is 4.90 Å². The van der Waals surface area contributed by atoms with Crippen LogP contribution in [-0.2, 0) is 6.42 Å². The predicted molar refractivity (Wildman–Crippen MR) is 67.7 cm³/mol. The number of likely N-dealkylation sites (tertiary alicyclic amines) is 1. The number of nitrogens with zero attached hydrogens (tertiary/aromatic N) is 1. The van der Waals surface area contributed by atoms with Crippen molar-refractivity contribution < 1.29 is 9.47 Å². The lowest BCUT2D eigenvalue weighted by atomic mass is 10.1. The molecule has 2 N–H and O–H groups in total. The molecular formula is C13H20N2O2. The summed E-state index contributed by atoms with van der Waals surface area (Å²) in [7, 11) is 3.31. The molecule has 0 unspecified atom stereocenters. The van der Waals surface area contributed by atoms with Gasteiger partial charge in [-0.25, -0.2) is 0 Å². The van der Waals surface area contributed by atoms with Crippen molar-refractivity contribution in [2.45, 2.75) is 12.5 Å². The number of hydrogen-bond acceptors (Lipinski definition) is 4. The van der Waals surface area contributed by atoms with Gasteiger partial charge >= 0.3 is 0 Å². The minimum absolute atomic E-state index is 0.375. The molecule has 17 heavy (non-hydrogen) atoms. The standard InChI is InChI=1S/C13H20N2O2/c1-16-12-4-3-10(7-13(12)17-2)5-6-15-8-11(14)9-15/h3-4,7,11H,5-6,8-9,14H2,1-2H3. The zero-order chi connectivity index (χ0) is 12.3. The molecule has 0 spiro atoms. The number of benzene rings is 1. The van der Waals surface area contributed by atoms with Crippen molar-refractivity contribution in [3.63, 3.8) is 0 Å². The van der Waals surface area contributed by atoms with Gasteiger partial charge in [0.1, 0.15) is 0 Å². The van der Waals surface area contributed by atoms with Crippen LogP contribution in [0.2, 0.25) is 0 Å². The van der Waals surface area contributed by atoms with E-state index in [-0.39, 0.29) is 0 Å². The third-order valence-electron chi connectivity index (χ3n) is 3.15. The van der Waals surface area contributed by atoms with Crippen molar-refractivity contribution in [2.75, 3.05) is 33.9 Å². The third kappa shape index (κ3) is 2.90. The van der Waals surface area contributed by atoms with Crippen molar-refractivity contribution in [3.8, 4) is 11.5 Å². The first kappa shape index (κ1) is 12.2. The van der Waals surface area contributed by atoms with E-state index in [0.717, 1.165) is 37.6 Å². The zero-order valence-electron chi connectivity index (χ0n) is 10.5. The normalized spacial score (nSPS) is 16.6. The van der Waals surface area contributed by atoms with Crippen LogP contribution >= 0.6 is 0 Å². The number of hydrogen-bond donors (Lipinski definition) is 1. The average Bonchev–Trinajstić information content (AvgIpc) is 2.32. The van der Waals surface area contributed by atoms with Crippen LogP contribution in [0.3, 0.4) is 0 Å². The van der Waals surface area contributed by atoms with Gasteiger partial charge < -0.3 is 15.2 Å². The van der Waals surface area contributed by atoms with Crippen molar-refractivity contribution in [2.24, 2.45) is 5.73 Å². The van der Waals surface area contributed by atoms with Gasteiger partial charge in [-0.2, -0.15) is 0 Å². The van der Waals surface area contributed by atoms with Crippen LogP contribution < -0.4 is 15.2 Å². The molecule has 0 bridgehead atoms. The fourth-order valence-electron chi connectivity index (χ4n) is 2.12. The molecule has 1 heterocycles. The average molecular weight is 236 g/mol. The molecule has 0 radical (unpaired) electrons. The van der Waals surface area contributed by atoms with Crippen molar-refractivity contribution in [3.05, 3.63) is 23.8 Å². The summed E-state index contributed by atoms with van der Waals surface area (Å²) < 4.78 is 10.5. The van der Waals surface area contributed by atoms with Gasteiger partial charge in [0.05, 0.1) is 14.2 Å². The maximum absolute atomic E-state index is 5.74. The largest absolute Gasteiger partial charge is 0.493 e. The van der Waals surface area contributed by atoms with Gasteiger partial charge in [-0.15, -0.1) is 0 Å². The molecule has 1 aliphatic rings. The molecule has 1 aromatic rings. The Hall–Kier alpha value is -1.26. The van der Waals surface area contributed by atoms with E-state index in [4.69, 9.17) is 15.2 Å². The van der Waals surface area contributed by atoms with Crippen LogP contribution in [0.25, 0.3) is 0 Å². The summed E-state index contributed by atoms with van der Waals surface area (Å²) in [5.74, 6) is 1.58. The molecule has 2 rings (SSSR count). The zero-order valence-corrected chi connectivity index (χ0v) is 10.5. The lowest BCUT2D eigenvalue weighted by Crippen LogP contribution is -2.55. The van der Waals surface area contributed by atoms with E-state index in [0.29, 0.717) is 6.04 Å². The second-order valence-electron chi connectivity index (χ2n) is 4.46. The fourth-order valence-corrected chi connectivity index (χ4v) is 2.12. The first-order valence-electron chi connectivity index (χ1n) is 5.91. The Labute approximate surface area is 102 Å². The van der Waals surface area contributed by atoms with Crippen molar-refractivity contribution in [1.82, 2.24) is 4.90 Å². The molecule has 94 valence electrons. The minimum Gasteiger partial charge on any atom is -0.493 e. The summed E-state index contributed by atoms with van der Waals surface area (Å²) in [5, 5.41) is 0. The van der Waals surface area contributed by atoms with Gasteiger partial charge in [0.25, 0.3) is 0 Å². The Bertz CT molecular complexity index is 376. The fraction of sp³-hybridized carbons (Fsp3) is 0.538. The first-order valence-corrected chi connectivity index (χ1v) is 5.91. The molecule has 1 fully saturated rings. The summed E-state index contributed by atoms with van der Waals surface area (Å²) in [6, 6.07) is 6.45.